The molecule has 2 nitrogen and oxygen atoms in total. The number of benzene rings is 1. The third-order valence-electron chi connectivity index (χ3n) is 1.57. The minimum atomic E-state index is 0.356. The highest BCUT2D eigenvalue weighted by Crippen LogP contribution is 2.28. The molecule has 0 saturated heterocycles. The number of methoxy groups -OCH3 is 1. The number of hydrogen-bond donors (Lipinski definition) is 0. The van der Waals surface area contributed by atoms with Gasteiger partial charge in [0.25, 0.3) is 0 Å². The van der Waals surface area contributed by atoms with Crippen LogP contribution in [-0.2, 0) is 6.42 Å². The van der Waals surface area contributed by atoms with Gasteiger partial charge >= 0.3 is 0 Å². The fraction of sp³-hybridized carbons (Fsp3) is 0.222. The third-order valence-corrected chi connectivity index (χ3v) is 3.01. The summed E-state index contributed by atoms with van der Waals surface area (Å²) in [6, 6.07) is 5.61. The van der Waals surface area contributed by atoms with Gasteiger partial charge in [-0.15, -0.1) is 0 Å². The Kier molecular flexibility index (Phi) is 3.82. The summed E-state index contributed by atoms with van der Waals surface area (Å²) >= 11 is 7.99. The molecule has 0 amide bonds. The van der Waals surface area contributed by atoms with Crippen LogP contribution >= 0.6 is 34.2 Å². The molecule has 0 aliphatic rings. The van der Waals surface area contributed by atoms with E-state index in [2.05, 4.69) is 28.7 Å². The zero-order valence-corrected chi connectivity index (χ0v) is 9.89. The Balaban J connectivity index is 3.20. The molecule has 0 unspecified atom stereocenters. The molecule has 13 heavy (non-hydrogen) atoms. The van der Waals surface area contributed by atoms with Crippen LogP contribution in [0.25, 0.3) is 0 Å². The molecule has 0 fully saturated rings. The van der Waals surface area contributed by atoms with Crippen LogP contribution in [0.15, 0.2) is 12.1 Å². The van der Waals surface area contributed by atoms with E-state index < -0.39 is 0 Å². The topological polar surface area (TPSA) is 33.0 Å². The van der Waals surface area contributed by atoms with E-state index in [4.69, 9.17) is 21.6 Å². The number of halogens is 2. The summed E-state index contributed by atoms with van der Waals surface area (Å²) in [5.41, 5.74) is 0.910. The molecule has 0 aliphatic heterocycles. The van der Waals surface area contributed by atoms with Crippen LogP contribution in [-0.4, -0.2) is 7.11 Å². The first-order valence-electron chi connectivity index (χ1n) is 3.58. The lowest BCUT2D eigenvalue weighted by Gasteiger charge is -2.07. The second-order valence-electron chi connectivity index (χ2n) is 2.42. The molecule has 0 spiro atoms. The lowest BCUT2D eigenvalue weighted by molar-refractivity contribution is 0.411. The largest absolute Gasteiger partial charge is 0.496 e. The molecule has 0 radical (unpaired) electrons. The number of ether oxygens (including phenoxy) is 1. The summed E-state index contributed by atoms with van der Waals surface area (Å²) in [6.07, 6.45) is 0.356. The molecule has 0 heterocycles. The van der Waals surface area contributed by atoms with Crippen molar-refractivity contribution in [1.29, 1.82) is 5.26 Å². The number of nitriles is 1. The van der Waals surface area contributed by atoms with E-state index in [1.165, 1.54) is 0 Å². The fourth-order valence-electron chi connectivity index (χ4n) is 0.981. The van der Waals surface area contributed by atoms with Gasteiger partial charge in [0.2, 0.25) is 0 Å². The van der Waals surface area contributed by atoms with Gasteiger partial charge in [-0.05, 0) is 40.3 Å². The van der Waals surface area contributed by atoms with Crippen LogP contribution in [0.3, 0.4) is 0 Å². The van der Waals surface area contributed by atoms with Crippen molar-refractivity contribution in [2.24, 2.45) is 0 Å². The molecule has 1 rings (SSSR count). The first kappa shape index (κ1) is 10.6. The van der Waals surface area contributed by atoms with Crippen LogP contribution < -0.4 is 4.74 Å². The van der Waals surface area contributed by atoms with Crippen molar-refractivity contribution >= 4 is 34.2 Å². The maximum Gasteiger partial charge on any atom is 0.133 e. The van der Waals surface area contributed by atoms with Crippen LogP contribution in [0.1, 0.15) is 5.56 Å². The number of nitrogens with zero attached hydrogens (tertiary/aromatic N) is 1. The van der Waals surface area contributed by atoms with E-state index in [0.29, 0.717) is 11.4 Å². The zero-order chi connectivity index (χ0) is 9.84. The summed E-state index contributed by atoms with van der Waals surface area (Å²) in [4.78, 5) is 0. The van der Waals surface area contributed by atoms with Gasteiger partial charge in [0.15, 0.2) is 0 Å². The minimum absolute atomic E-state index is 0.356. The van der Waals surface area contributed by atoms with Crippen molar-refractivity contribution in [2.45, 2.75) is 6.42 Å². The predicted molar refractivity (Wildman–Crippen MR) is 60.0 cm³/mol. The molecule has 4 heteroatoms. The summed E-state index contributed by atoms with van der Waals surface area (Å²) in [7, 11) is 1.59. The molecule has 0 atom stereocenters. The first-order chi connectivity index (χ1) is 6.19. The van der Waals surface area contributed by atoms with Gasteiger partial charge in [-0.1, -0.05) is 11.6 Å². The van der Waals surface area contributed by atoms with Crippen molar-refractivity contribution < 1.29 is 4.74 Å². The SMILES string of the molecule is COc1cc(Cl)cc(CC#N)c1I. The average Bonchev–Trinajstić information content (AvgIpc) is 2.11. The second-order valence-corrected chi connectivity index (χ2v) is 3.93. The Hall–Kier alpha value is -0.470. The molecule has 0 aromatic heterocycles. The summed E-state index contributed by atoms with van der Waals surface area (Å²) in [5.74, 6) is 0.721. The van der Waals surface area contributed by atoms with Crippen molar-refractivity contribution in [1.82, 2.24) is 0 Å². The normalized spacial score (nSPS) is 9.38. The Bertz CT molecular complexity index is 359. The highest BCUT2D eigenvalue weighted by molar-refractivity contribution is 14.1. The molecule has 0 bridgehead atoms. The van der Waals surface area contributed by atoms with Crippen LogP contribution in [0.4, 0.5) is 0 Å². The van der Waals surface area contributed by atoms with E-state index in [9.17, 15) is 0 Å². The molecule has 0 saturated carbocycles. The smallest absolute Gasteiger partial charge is 0.133 e. The number of hydrogen-bond acceptors (Lipinski definition) is 2. The molecule has 1 aromatic rings. The fourth-order valence-corrected chi connectivity index (χ4v) is 1.93. The van der Waals surface area contributed by atoms with Gasteiger partial charge in [-0.2, -0.15) is 5.26 Å². The highest BCUT2D eigenvalue weighted by Gasteiger charge is 2.07. The van der Waals surface area contributed by atoms with E-state index >= 15 is 0 Å². The quantitative estimate of drug-likeness (QED) is 0.787. The van der Waals surface area contributed by atoms with Gasteiger partial charge in [-0.3, -0.25) is 0 Å². The summed E-state index contributed by atoms with van der Waals surface area (Å²) in [6.45, 7) is 0. The van der Waals surface area contributed by atoms with Crippen molar-refractivity contribution in [3.05, 3.63) is 26.3 Å². The molecule has 68 valence electrons. The maximum absolute atomic E-state index is 8.56. The molecule has 1 aromatic carbocycles. The van der Waals surface area contributed by atoms with Crippen LogP contribution in [0.2, 0.25) is 5.02 Å². The average molecular weight is 308 g/mol. The highest BCUT2D eigenvalue weighted by atomic mass is 127. The van der Waals surface area contributed by atoms with Crippen molar-refractivity contribution in [3.63, 3.8) is 0 Å². The summed E-state index contributed by atoms with van der Waals surface area (Å²) in [5, 5.41) is 9.16. The summed E-state index contributed by atoms with van der Waals surface area (Å²) < 4.78 is 6.06. The first-order valence-corrected chi connectivity index (χ1v) is 5.03. The second kappa shape index (κ2) is 4.68. The van der Waals surface area contributed by atoms with Gasteiger partial charge in [0.1, 0.15) is 5.75 Å². The van der Waals surface area contributed by atoms with E-state index in [-0.39, 0.29) is 0 Å². The zero-order valence-electron chi connectivity index (χ0n) is 6.97. The van der Waals surface area contributed by atoms with Gasteiger partial charge in [-0.25, -0.2) is 0 Å². The van der Waals surface area contributed by atoms with E-state index in [1.54, 1.807) is 19.2 Å². The Morgan fingerprint density at radius 1 is 1.62 bits per heavy atom. The Morgan fingerprint density at radius 2 is 2.31 bits per heavy atom. The van der Waals surface area contributed by atoms with E-state index in [0.717, 1.165) is 14.9 Å². The van der Waals surface area contributed by atoms with Crippen molar-refractivity contribution in [2.75, 3.05) is 7.11 Å². The van der Waals surface area contributed by atoms with Gasteiger partial charge in [0.05, 0.1) is 23.2 Å². The lowest BCUT2D eigenvalue weighted by Crippen LogP contribution is -1.93. The monoisotopic (exact) mass is 307 g/mol. The third kappa shape index (κ3) is 2.48. The maximum atomic E-state index is 8.56. The lowest BCUT2D eigenvalue weighted by atomic mass is 10.1. The minimum Gasteiger partial charge on any atom is -0.496 e. The predicted octanol–water partition coefficient (Wildman–Crippen LogP) is 3.02. The Morgan fingerprint density at radius 3 is 2.85 bits per heavy atom. The van der Waals surface area contributed by atoms with Crippen molar-refractivity contribution in [3.8, 4) is 11.8 Å². The molecule has 0 N–H and O–H groups in total. The van der Waals surface area contributed by atoms with Crippen LogP contribution in [0.5, 0.6) is 5.75 Å². The van der Waals surface area contributed by atoms with Crippen LogP contribution in [0, 0.1) is 14.9 Å². The molecular weight excluding hydrogens is 300 g/mol. The Labute approximate surface area is 95.6 Å². The molecule has 0 aliphatic carbocycles. The molecular formula is C9H7ClINO. The standard InChI is InChI=1S/C9H7ClINO/c1-13-8-5-7(10)4-6(2-3-12)9(8)11/h4-5H,2H2,1H3. The van der Waals surface area contributed by atoms with Gasteiger partial charge in [0, 0.05) is 5.02 Å². The van der Waals surface area contributed by atoms with E-state index in [1.807, 2.05) is 0 Å². The van der Waals surface area contributed by atoms with Gasteiger partial charge < -0.3 is 4.74 Å². The number of rotatable bonds is 2.